The molecule has 0 heterocycles. The molecule has 2 unspecified atom stereocenters. The first-order valence-corrected chi connectivity index (χ1v) is 7.93. The zero-order valence-corrected chi connectivity index (χ0v) is 13.8. The highest BCUT2D eigenvalue weighted by Gasteiger charge is 2.31. The summed E-state index contributed by atoms with van der Waals surface area (Å²) in [5, 5.41) is 3.74. The summed E-state index contributed by atoms with van der Waals surface area (Å²) >= 11 is 3.55. The topological polar surface area (TPSA) is 38.0 Å². The number of halogens is 1. The first-order chi connectivity index (χ1) is 8.91. The summed E-state index contributed by atoms with van der Waals surface area (Å²) in [7, 11) is 0. The Balaban J connectivity index is 2.06. The smallest absolute Gasteiger partial charge is 0.0446 e. The summed E-state index contributed by atoms with van der Waals surface area (Å²) in [4.78, 5) is 0. The maximum atomic E-state index is 5.96. The number of rotatable bonds is 4. The lowest BCUT2D eigenvalue weighted by atomic mass is 9.91. The highest BCUT2D eigenvalue weighted by molar-refractivity contribution is 9.10. The van der Waals surface area contributed by atoms with Crippen molar-refractivity contribution in [3.63, 3.8) is 0 Å². The summed E-state index contributed by atoms with van der Waals surface area (Å²) in [5.74, 6) is 0. The second kappa shape index (κ2) is 5.94. The van der Waals surface area contributed by atoms with E-state index in [1.165, 1.54) is 30.4 Å². The molecule has 0 bridgehead atoms. The maximum absolute atomic E-state index is 5.96. The van der Waals surface area contributed by atoms with Crippen molar-refractivity contribution in [2.75, 3.05) is 6.54 Å². The summed E-state index contributed by atoms with van der Waals surface area (Å²) in [6.07, 6.45) is 3.82. The molecule has 0 saturated heterocycles. The normalized spacial score (nSPS) is 23.5. The fourth-order valence-corrected chi connectivity index (χ4v) is 3.29. The van der Waals surface area contributed by atoms with Gasteiger partial charge in [0.25, 0.3) is 0 Å². The number of hydrogen-bond donors (Lipinski definition) is 2. The fraction of sp³-hybridized carbons (Fsp3) is 0.625. The van der Waals surface area contributed by atoms with Gasteiger partial charge in [-0.25, -0.2) is 0 Å². The molecule has 2 rings (SSSR count). The van der Waals surface area contributed by atoms with Crippen molar-refractivity contribution in [2.24, 2.45) is 11.1 Å². The highest BCUT2D eigenvalue weighted by atomic mass is 79.9. The Kier molecular flexibility index (Phi) is 4.70. The molecule has 1 aliphatic carbocycles. The SMILES string of the molecule is Cc1cc(C(CN)NC2CCC(C)(C)C2)ccc1Br. The second-order valence-electron chi connectivity index (χ2n) is 6.57. The molecular formula is C16H25BrN2. The first-order valence-electron chi connectivity index (χ1n) is 7.13. The van der Waals surface area contributed by atoms with Crippen LogP contribution in [0.1, 0.15) is 50.3 Å². The molecule has 3 heteroatoms. The zero-order chi connectivity index (χ0) is 14.0. The van der Waals surface area contributed by atoms with Crippen LogP contribution < -0.4 is 11.1 Å². The van der Waals surface area contributed by atoms with Crippen molar-refractivity contribution in [2.45, 2.75) is 52.1 Å². The minimum Gasteiger partial charge on any atom is -0.329 e. The first kappa shape index (κ1) is 15.0. The van der Waals surface area contributed by atoms with Gasteiger partial charge in [-0.05, 0) is 48.8 Å². The highest BCUT2D eigenvalue weighted by Crippen LogP contribution is 2.37. The molecule has 106 valence electrons. The van der Waals surface area contributed by atoms with Crippen LogP contribution in [0.2, 0.25) is 0 Å². The summed E-state index contributed by atoms with van der Waals surface area (Å²) in [5.41, 5.74) is 9.01. The van der Waals surface area contributed by atoms with E-state index in [-0.39, 0.29) is 6.04 Å². The van der Waals surface area contributed by atoms with Crippen molar-refractivity contribution < 1.29 is 0 Å². The van der Waals surface area contributed by atoms with Crippen LogP contribution in [0.25, 0.3) is 0 Å². The van der Waals surface area contributed by atoms with E-state index in [1.54, 1.807) is 0 Å². The molecule has 0 radical (unpaired) electrons. The molecule has 19 heavy (non-hydrogen) atoms. The van der Waals surface area contributed by atoms with Gasteiger partial charge >= 0.3 is 0 Å². The van der Waals surface area contributed by atoms with Crippen LogP contribution in [0.5, 0.6) is 0 Å². The van der Waals surface area contributed by atoms with Crippen molar-refractivity contribution in [1.82, 2.24) is 5.32 Å². The molecule has 2 atom stereocenters. The second-order valence-corrected chi connectivity index (χ2v) is 7.42. The van der Waals surface area contributed by atoms with Crippen LogP contribution in [-0.4, -0.2) is 12.6 Å². The molecule has 1 saturated carbocycles. The lowest BCUT2D eigenvalue weighted by molar-refractivity contribution is 0.353. The van der Waals surface area contributed by atoms with Crippen LogP contribution in [-0.2, 0) is 0 Å². The van der Waals surface area contributed by atoms with Crippen LogP contribution in [0.3, 0.4) is 0 Å². The molecule has 1 aromatic carbocycles. The number of nitrogens with one attached hydrogen (secondary N) is 1. The Morgan fingerprint density at radius 2 is 2.21 bits per heavy atom. The van der Waals surface area contributed by atoms with Gasteiger partial charge in [-0.1, -0.05) is 41.9 Å². The van der Waals surface area contributed by atoms with Gasteiger partial charge in [-0.2, -0.15) is 0 Å². The Bertz CT molecular complexity index is 442. The Morgan fingerprint density at radius 3 is 2.74 bits per heavy atom. The number of aryl methyl sites for hydroxylation is 1. The summed E-state index contributed by atoms with van der Waals surface area (Å²) < 4.78 is 1.16. The monoisotopic (exact) mass is 324 g/mol. The average Bonchev–Trinajstić information content (AvgIpc) is 2.69. The molecule has 0 aromatic heterocycles. The standard InChI is InChI=1S/C16H25BrN2/c1-11-8-12(4-5-14(11)17)15(10-18)19-13-6-7-16(2,3)9-13/h4-5,8,13,15,19H,6-7,9-10,18H2,1-3H3. The van der Waals surface area contributed by atoms with Gasteiger partial charge in [0, 0.05) is 23.1 Å². The molecule has 2 nitrogen and oxygen atoms in total. The molecular weight excluding hydrogens is 300 g/mol. The van der Waals surface area contributed by atoms with Crippen molar-refractivity contribution in [1.29, 1.82) is 0 Å². The van der Waals surface area contributed by atoms with E-state index in [0.29, 0.717) is 18.0 Å². The molecule has 0 amide bonds. The van der Waals surface area contributed by atoms with Crippen LogP contribution in [0.15, 0.2) is 22.7 Å². The third-order valence-electron chi connectivity index (χ3n) is 4.23. The fourth-order valence-electron chi connectivity index (χ4n) is 3.05. The third kappa shape index (κ3) is 3.80. The average molecular weight is 325 g/mol. The summed E-state index contributed by atoms with van der Waals surface area (Å²) in [6.45, 7) is 7.49. The Hall–Kier alpha value is -0.380. The Morgan fingerprint density at radius 1 is 1.47 bits per heavy atom. The van der Waals surface area contributed by atoms with E-state index in [0.717, 1.165) is 4.47 Å². The summed E-state index contributed by atoms with van der Waals surface area (Å²) in [6, 6.07) is 7.39. The number of hydrogen-bond acceptors (Lipinski definition) is 2. The van der Waals surface area contributed by atoms with Crippen molar-refractivity contribution >= 4 is 15.9 Å². The maximum Gasteiger partial charge on any atom is 0.0446 e. The molecule has 1 aliphatic rings. The van der Waals surface area contributed by atoms with Crippen molar-refractivity contribution in [3.05, 3.63) is 33.8 Å². The van der Waals surface area contributed by atoms with E-state index in [4.69, 9.17) is 5.73 Å². The molecule has 0 aliphatic heterocycles. The number of nitrogens with two attached hydrogens (primary N) is 1. The van der Waals surface area contributed by atoms with Gasteiger partial charge in [-0.3, -0.25) is 0 Å². The lowest BCUT2D eigenvalue weighted by Crippen LogP contribution is -2.35. The van der Waals surface area contributed by atoms with Gasteiger partial charge < -0.3 is 11.1 Å². The predicted octanol–water partition coefficient (Wildman–Crippen LogP) is 3.93. The molecule has 3 N–H and O–H groups in total. The van der Waals surface area contributed by atoms with Crippen LogP contribution >= 0.6 is 15.9 Å². The minimum absolute atomic E-state index is 0.269. The van der Waals surface area contributed by atoms with E-state index < -0.39 is 0 Å². The van der Waals surface area contributed by atoms with Crippen LogP contribution in [0.4, 0.5) is 0 Å². The van der Waals surface area contributed by atoms with Gasteiger partial charge in [0.15, 0.2) is 0 Å². The zero-order valence-electron chi connectivity index (χ0n) is 12.2. The lowest BCUT2D eigenvalue weighted by Gasteiger charge is -2.24. The molecule has 1 aromatic rings. The predicted molar refractivity (Wildman–Crippen MR) is 85.2 cm³/mol. The van der Waals surface area contributed by atoms with Crippen LogP contribution in [0, 0.1) is 12.3 Å². The quantitative estimate of drug-likeness (QED) is 0.880. The molecule has 1 fully saturated rings. The molecule has 0 spiro atoms. The van der Waals surface area contributed by atoms with Gasteiger partial charge in [0.2, 0.25) is 0 Å². The third-order valence-corrected chi connectivity index (χ3v) is 5.12. The minimum atomic E-state index is 0.269. The van der Waals surface area contributed by atoms with Crippen molar-refractivity contribution in [3.8, 4) is 0 Å². The number of benzene rings is 1. The Labute approximate surface area is 125 Å². The van der Waals surface area contributed by atoms with Gasteiger partial charge in [0.1, 0.15) is 0 Å². The van der Waals surface area contributed by atoms with E-state index in [9.17, 15) is 0 Å². The van der Waals surface area contributed by atoms with E-state index in [1.807, 2.05) is 0 Å². The van der Waals surface area contributed by atoms with E-state index >= 15 is 0 Å². The van der Waals surface area contributed by atoms with Gasteiger partial charge in [-0.15, -0.1) is 0 Å². The van der Waals surface area contributed by atoms with Gasteiger partial charge in [0.05, 0.1) is 0 Å². The van der Waals surface area contributed by atoms with E-state index in [2.05, 4.69) is 60.2 Å². The largest absolute Gasteiger partial charge is 0.329 e.